The summed E-state index contributed by atoms with van der Waals surface area (Å²) in [5.74, 6) is 0.279. The third kappa shape index (κ3) is 3.88. The molecule has 1 N–H and O–H groups in total. The molecule has 0 aliphatic carbocycles. The second-order valence-electron chi connectivity index (χ2n) is 7.03. The lowest BCUT2D eigenvalue weighted by atomic mass is 9.93. The summed E-state index contributed by atoms with van der Waals surface area (Å²) in [5.41, 5.74) is 0.914. The number of likely N-dealkylation sites (tertiary alicyclic amines) is 1. The van der Waals surface area contributed by atoms with Crippen molar-refractivity contribution in [1.29, 1.82) is 0 Å². The quantitative estimate of drug-likeness (QED) is 0.739. The zero-order chi connectivity index (χ0) is 19.7. The SMILES string of the molecule is O=C(CCn1cccn1)N1CCC(c2cc3nc(C(F)(F)F)ccc3[nH]2)CC1. The first-order valence-electron chi connectivity index (χ1n) is 9.22. The van der Waals surface area contributed by atoms with Crippen molar-refractivity contribution in [2.75, 3.05) is 13.1 Å². The highest BCUT2D eigenvalue weighted by Gasteiger charge is 2.33. The molecule has 148 valence electrons. The number of aryl methyl sites for hydroxylation is 1. The van der Waals surface area contributed by atoms with E-state index in [2.05, 4.69) is 15.1 Å². The van der Waals surface area contributed by atoms with Crippen LogP contribution < -0.4 is 0 Å². The maximum atomic E-state index is 12.8. The van der Waals surface area contributed by atoms with E-state index in [1.165, 1.54) is 6.07 Å². The van der Waals surface area contributed by atoms with Gasteiger partial charge in [-0.1, -0.05) is 0 Å². The van der Waals surface area contributed by atoms with Gasteiger partial charge in [0, 0.05) is 50.1 Å². The summed E-state index contributed by atoms with van der Waals surface area (Å²) in [6.07, 6.45) is 1.01. The number of fused-ring (bicyclic) bond motifs is 1. The number of alkyl halides is 3. The number of rotatable bonds is 4. The molecule has 6 nitrogen and oxygen atoms in total. The number of hydrogen-bond acceptors (Lipinski definition) is 3. The van der Waals surface area contributed by atoms with Gasteiger partial charge in [-0.25, -0.2) is 4.98 Å². The number of pyridine rings is 1. The fraction of sp³-hybridized carbons (Fsp3) is 0.421. The molecule has 28 heavy (non-hydrogen) atoms. The molecule has 1 saturated heterocycles. The molecule has 0 saturated carbocycles. The van der Waals surface area contributed by atoms with Crippen molar-refractivity contribution in [3.05, 3.63) is 48.0 Å². The van der Waals surface area contributed by atoms with Gasteiger partial charge in [-0.05, 0) is 37.1 Å². The molecule has 4 rings (SSSR count). The monoisotopic (exact) mass is 391 g/mol. The number of hydrogen-bond donors (Lipinski definition) is 1. The normalized spacial score (nSPS) is 16.0. The summed E-state index contributed by atoms with van der Waals surface area (Å²) in [7, 11) is 0. The molecule has 9 heteroatoms. The third-order valence-electron chi connectivity index (χ3n) is 5.19. The van der Waals surface area contributed by atoms with Crippen LogP contribution in [-0.2, 0) is 17.5 Å². The van der Waals surface area contributed by atoms with Gasteiger partial charge in [0.1, 0.15) is 5.69 Å². The Morgan fingerprint density at radius 1 is 1.25 bits per heavy atom. The summed E-state index contributed by atoms with van der Waals surface area (Å²) in [4.78, 5) is 21.1. The van der Waals surface area contributed by atoms with E-state index in [1.807, 2.05) is 17.2 Å². The Balaban J connectivity index is 1.37. The maximum Gasteiger partial charge on any atom is 0.433 e. The Hall–Kier alpha value is -2.84. The van der Waals surface area contributed by atoms with Gasteiger partial charge in [-0.2, -0.15) is 18.3 Å². The van der Waals surface area contributed by atoms with E-state index in [0.717, 1.165) is 24.6 Å². The van der Waals surface area contributed by atoms with Crippen LogP contribution >= 0.6 is 0 Å². The number of H-pyrrole nitrogens is 1. The zero-order valence-electron chi connectivity index (χ0n) is 15.1. The largest absolute Gasteiger partial charge is 0.433 e. The number of piperidine rings is 1. The van der Waals surface area contributed by atoms with E-state index in [1.54, 1.807) is 16.9 Å². The number of nitrogens with one attached hydrogen (secondary N) is 1. The van der Waals surface area contributed by atoms with Crippen molar-refractivity contribution in [3.63, 3.8) is 0 Å². The van der Waals surface area contributed by atoms with Gasteiger partial charge < -0.3 is 9.88 Å². The van der Waals surface area contributed by atoms with Crippen molar-refractivity contribution in [3.8, 4) is 0 Å². The van der Waals surface area contributed by atoms with Gasteiger partial charge in [-0.3, -0.25) is 9.48 Å². The molecule has 3 aromatic heterocycles. The van der Waals surface area contributed by atoms with Gasteiger partial charge >= 0.3 is 6.18 Å². The lowest BCUT2D eigenvalue weighted by Crippen LogP contribution is -2.38. The number of aromatic amines is 1. The van der Waals surface area contributed by atoms with Crippen molar-refractivity contribution in [1.82, 2.24) is 24.6 Å². The molecule has 1 amide bonds. The average molecular weight is 391 g/mol. The summed E-state index contributed by atoms with van der Waals surface area (Å²) >= 11 is 0. The Kier molecular flexibility index (Phi) is 4.82. The molecule has 1 fully saturated rings. The molecule has 3 aromatic rings. The first kappa shape index (κ1) is 18.5. The lowest BCUT2D eigenvalue weighted by Gasteiger charge is -2.31. The predicted octanol–water partition coefficient (Wildman–Crippen LogP) is 3.57. The van der Waals surface area contributed by atoms with Crippen LogP contribution in [0.1, 0.15) is 36.6 Å². The predicted molar refractivity (Wildman–Crippen MR) is 96.5 cm³/mol. The highest BCUT2D eigenvalue weighted by molar-refractivity contribution is 5.77. The van der Waals surface area contributed by atoms with E-state index < -0.39 is 11.9 Å². The number of halogens is 3. The van der Waals surface area contributed by atoms with Gasteiger partial charge in [0.15, 0.2) is 0 Å². The highest BCUT2D eigenvalue weighted by atomic mass is 19.4. The maximum absolute atomic E-state index is 12.8. The summed E-state index contributed by atoms with van der Waals surface area (Å²) in [6, 6.07) is 5.93. The average Bonchev–Trinajstić information content (AvgIpc) is 3.34. The number of nitrogens with zero attached hydrogens (tertiary/aromatic N) is 4. The van der Waals surface area contributed by atoms with Gasteiger partial charge in [0.05, 0.1) is 11.0 Å². The fourth-order valence-electron chi connectivity index (χ4n) is 3.65. The molecular formula is C19H20F3N5O. The lowest BCUT2D eigenvalue weighted by molar-refractivity contribution is -0.141. The van der Waals surface area contributed by atoms with Crippen LogP contribution in [0, 0.1) is 0 Å². The van der Waals surface area contributed by atoms with Crippen LogP contribution in [-0.4, -0.2) is 43.6 Å². The minimum absolute atomic E-state index is 0.0992. The van der Waals surface area contributed by atoms with Gasteiger partial charge in [0.2, 0.25) is 5.91 Å². The molecule has 1 aliphatic rings. The molecule has 0 radical (unpaired) electrons. The number of aromatic nitrogens is 4. The van der Waals surface area contributed by atoms with Gasteiger partial charge in [0.25, 0.3) is 0 Å². The van der Waals surface area contributed by atoms with E-state index in [0.29, 0.717) is 37.1 Å². The molecule has 0 atom stereocenters. The second-order valence-corrected chi connectivity index (χ2v) is 7.03. The van der Waals surface area contributed by atoms with E-state index in [9.17, 15) is 18.0 Å². The molecular weight excluding hydrogens is 371 g/mol. The Morgan fingerprint density at radius 3 is 2.71 bits per heavy atom. The highest BCUT2D eigenvalue weighted by Crippen LogP contribution is 2.32. The van der Waals surface area contributed by atoms with Crippen LogP contribution in [0.2, 0.25) is 0 Å². The Labute approximate surface area is 159 Å². The molecule has 1 aliphatic heterocycles. The van der Waals surface area contributed by atoms with E-state index >= 15 is 0 Å². The van der Waals surface area contributed by atoms with Crippen LogP contribution in [0.15, 0.2) is 36.7 Å². The van der Waals surface area contributed by atoms with Crippen molar-refractivity contribution < 1.29 is 18.0 Å². The van der Waals surface area contributed by atoms with Crippen molar-refractivity contribution in [2.24, 2.45) is 0 Å². The minimum Gasteiger partial charge on any atom is -0.357 e. The standard InChI is InChI=1S/C19H20F3N5O/c20-19(21,22)17-3-2-14-16(25-17)12-15(24-14)13-4-9-26(10-5-13)18(28)6-11-27-8-1-7-23-27/h1-3,7-8,12-13,24H,4-6,9-11H2. The van der Waals surface area contributed by atoms with E-state index in [4.69, 9.17) is 0 Å². The van der Waals surface area contributed by atoms with Crippen LogP contribution in [0.3, 0.4) is 0 Å². The van der Waals surface area contributed by atoms with Crippen LogP contribution in [0.25, 0.3) is 11.0 Å². The van der Waals surface area contributed by atoms with Crippen LogP contribution in [0.4, 0.5) is 13.2 Å². The smallest absolute Gasteiger partial charge is 0.357 e. The fourth-order valence-corrected chi connectivity index (χ4v) is 3.65. The van der Waals surface area contributed by atoms with Crippen molar-refractivity contribution in [2.45, 2.75) is 37.9 Å². The summed E-state index contributed by atoms with van der Waals surface area (Å²) in [5, 5.41) is 4.09. The number of carbonyl (C=O) groups excluding carboxylic acids is 1. The number of amides is 1. The van der Waals surface area contributed by atoms with E-state index in [-0.39, 0.29) is 11.8 Å². The topological polar surface area (TPSA) is 66.8 Å². The minimum atomic E-state index is -4.45. The summed E-state index contributed by atoms with van der Waals surface area (Å²) < 4.78 is 40.2. The zero-order valence-corrected chi connectivity index (χ0v) is 15.1. The number of carbonyl (C=O) groups is 1. The van der Waals surface area contributed by atoms with Crippen molar-refractivity contribution >= 4 is 16.9 Å². The first-order valence-corrected chi connectivity index (χ1v) is 9.22. The Bertz CT molecular complexity index is 956. The van der Waals surface area contributed by atoms with Gasteiger partial charge in [-0.15, -0.1) is 0 Å². The third-order valence-corrected chi connectivity index (χ3v) is 5.19. The molecule has 0 aromatic carbocycles. The second kappa shape index (κ2) is 7.29. The van der Waals surface area contributed by atoms with Crippen LogP contribution in [0.5, 0.6) is 0 Å². The molecule has 0 spiro atoms. The molecule has 4 heterocycles. The molecule has 0 unspecified atom stereocenters. The Morgan fingerprint density at radius 2 is 2.04 bits per heavy atom. The first-order chi connectivity index (χ1) is 13.4. The summed E-state index contributed by atoms with van der Waals surface area (Å²) in [6.45, 7) is 1.83. The molecule has 0 bridgehead atoms.